The van der Waals surface area contributed by atoms with E-state index in [2.05, 4.69) is 26.6 Å². The first-order valence-electron chi connectivity index (χ1n) is 6.52. The average molecular weight is 364 g/mol. The Balaban J connectivity index is 0.00000200. The summed E-state index contributed by atoms with van der Waals surface area (Å²) in [5.41, 5.74) is 1.09. The van der Waals surface area contributed by atoms with Crippen LogP contribution in [-0.2, 0) is 9.53 Å². The summed E-state index contributed by atoms with van der Waals surface area (Å²) in [4.78, 5) is 11.9. The van der Waals surface area contributed by atoms with Crippen molar-refractivity contribution in [3.63, 3.8) is 0 Å². The van der Waals surface area contributed by atoms with E-state index in [0.29, 0.717) is 13.0 Å². The number of ether oxygens (including phenoxy) is 1. The van der Waals surface area contributed by atoms with Crippen LogP contribution in [0.3, 0.4) is 0 Å². The molecule has 1 aromatic rings. The van der Waals surface area contributed by atoms with Crippen molar-refractivity contribution in [3.8, 4) is 0 Å². The monoisotopic (exact) mass is 362 g/mol. The molecule has 20 heavy (non-hydrogen) atoms. The number of halogens is 2. The van der Waals surface area contributed by atoms with Gasteiger partial charge in [-0.25, -0.2) is 0 Å². The van der Waals surface area contributed by atoms with Gasteiger partial charge in [0.1, 0.15) is 0 Å². The van der Waals surface area contributed by atoms with Crippen LogP contribution in [0.5, 0.6) is 0 Å². The van der Waals surface area contributed by atoms with E-state index in [1.807, 2.05) is 31.2 Å². The molecule has 0 saturated carbocycles. The Morgan fingerprint density at radius 2 is 2.40 bits per heavy atom. The fraction of sp³-hybridized carbons (Fsp3) is 0.500. The molecule has 0 aromatic heterocycles. The van der Waals surface area contributed by atoms with Gasteiger partial charge in [0.05, 0.1) is 25.2 Å². The Morgan fingerprint density at radius 3 is 3.05 bits per heavy atom. The second-order valence-electron chi connectivity index (χ2n) is 4.75. The van der Waals surface area contributed by atoms with Gasteiger partial charge in [-0.05, 0) is 24.6 Å². The fourth-order valence-corrected chi connectivity index (χ4v) is 2.53. The molecule has 0 aliphatic carbocycles. The van der Waals surface area contributed by atoms with Crippen molar-refractivity contribution in [2.24, 2.45) is 0 Å². The van der Waals surface area contributed by atoms with Gasteiger partial charge >= 0.3 is 0 Å². The summed E-state index contributed by atoms with van der Waals surface area (Å²) in [6.07, 6.45) is 0.397. The van der Waals surface area contributed by atoms with Gasteiger partial charge in [0, 0.05) is 17.6 Å². The summed E-state index contributed by atoms with van der Waals surface area (Å²) in [7, 11) is 0. The minimum absolute atomic E-state index is 0. The van der Waals surface area contributed by atoms with Gasteiger partial charge in [-0.2, -0.15) is 0 Å². The van der Waals surface area contributed by atoms with Gasteiger partial charge in [-0.15, -0.1) is 12.4 Å². The van der Waals surface area contributed by atoms with Crippen molar-refractivity contribution < 1.29 is 9.53 Å². The second-order valence-corrected chi connectivity index (χ2v) is 5.66. The van der Waals surface area contributed by atoms with Gasteiger partial charge in [0.2, 0.25) is 5.91 Å². The smallest absolute Gasteiger partial charge is 0.223 e. The van der Waals surface area contributed by atoms with E-state index < -0.39 is 0 Å². The van der Waals surface area contributed by atoms with Crippen LogP contribution < -0.4 is 10.6 Å². The number of benzene rings is 1. The minimum atomic E-state index is -0.0107. The zero-order valence-electron chi connectivity index (χ0n) is 11.4. The number of carbonyl (C=O) groups is 1. The van der Waals surface area contributed by atoms with E-state index >= 15 is 0 Å². The van der Waals surface area contributed by atoms with Crippen LogP contribution in [0, 0.1) is 0 Å². The first-order valence-corrected chi connectivity index (χ1v) is 7.31. The highest BCUT2D eigenvalue weighted by molar-refractivity contribution is 9.10. The number of carbonyl (C=O) groups excluding carboxylic acids is 1. The average Bonchev–Trinajstić information content (AvgIpc) is 2.39. The predicted octanol–water partition coefficient (Wildman–Crippen LogP) is 2.43. The highest BCUT2D eigenvalue weighted by Gasteiger charge is 2.18. The van der Waals surface area contributed by atoms with Crippen LogP contribution in [0.2, 0.25) is 0 Å². The Labute approximate surface area is 134 Å². The Hall–Kier alpha value is -0.620. The Kier molecular flexibility index (Phi) is 7.51. The molecule has 0 spiro atoms. The number of hydrogen-bond acceptors (Lipinski definition) is 3. The fourth-order valence-electron chi connectivity index (χ4n) is 2.12. The third kappa shape index (κ3) is 5.40. The quantitative estimate of drug-likeness (QED) is 0.864. The number of amides is 1. The zero-order valence-corrected chi connectivity index (χ0v) is 13.8. The van der Waals surface area contributed by atoms with E-state index in [1.54, 1.807) is 0 Å². The third-order valence-corrected chi connectivity index (χ3v) is 3.64. The SMILES string of the molecule is CC(NC(=O)CC1CNCCO1)c1cccc(Br)c1.Cl. The molecule has 2 atom stereocenters. The van der Waals surface area contributed by atoms with E-state index in [-0.39, 0.29) is 30.5 Å². The predicted molar refractivity (Wildman–Crippen MR) is 85.2 cm³/mol. The van der Waals surface area contributed by atoms with E-state index in [9.17, 15) is 4.79 Å². The van der Waals surface area contributed by atoms with Gasteiger partial charge < -0.3 is 15.4 Å². The standard InChI is InChI=1S/C14H19BrN2O2.ClH/c1-10(11-3-2-4-12(15)7-11)17-14(18)8-13-9-16-5-6-19-13;/h2-4,7,10,13,16H,5-6,8-9H2,1H3,(H,17,18);1H. The van der Waals surface area contributed by atoms with Gasteiger partial charge in [-0.1, -0.05) is 28.1 Å². The lowest BCUT2D eigenvalue weighted by Crippen LogP contribution is -2.41. The first-order chi connectivity index (χ1) is 9.15. The molecular formula is C14H20BrClN2O2. The van der Waals surface area contributed by atoms with Crippen LogP contribution >= 0.6 is 28.3 Å². The number of morpholine rings is 1. The van der Waals surface area contributed by atoms with Crippen molar-refractivity contribution in [2.75, 3.05) is 19.7 Å². The maximum atomic E-state index is 11.9. The van der Waals surface area contributed by atoms with Crippen LogP contribution in [0.4, 0.5) is 0 Å². The number of hydrogen-bond donors (Lipinski definition) is 2. The van der Waals surface area contributed by atoms with Crippen molar-refractivity contribution in [1.29, 1.82) is 0 Å². The number of nitrogens with one attached hydrogen (secondary N) is 2. The molecule has 0 radical (unpaired) electrons. The molecule has 1 aliphatic heterocycles. The lowest BCUT2D eigenvalue weighted by molar-refractivity contribution is -0.125. The maximum absolute atomic E-state index is 11.9. The summed E-state index contributed by atoms with van der Waals surface area (Å²) in [6, 6.07) is 7.97. The Bertz CT molecular complexity index is 439. The summed E-state index contributed by atoms with van der Waals surface area (Å²) in [6.45, 7) is 4.28. The molecule has 2 rings (SSSR count). The molecular weight excluding hydrogens is 344 g/mol. The van der Waals surface area contributed by atoms with Crippen LogP contribution in [0.25, 0.3) is 0 Å². The molecule has 2 unspecified atom stereocenters. The lowest BCUT2D eigenvalue weighted by Gasteiger charge is -2.24. The molecule has 4 nitrogen and oxygen atoms in total. The third-order valence-electron chi connectivity index (χ3n) is 3.14. The van der Waals surface area contributed by atoms with E-state index in [0.717, 1.165) is 23.1 Å². The normalized spacial score (nSPS) is 19.8. The molecule has 1 fully saturated rings. The molecule has 112 valence electrons. The summed E-state index contributed by atoms with van der Waals surface area (Å²) < 4.78 is 6.54. The van der Waals surface area contributed by atoms with Crippen molar-refractivity contribution >= 4 is 34.2 Å². The lowest BCUT2D eigenvalue weighted by atomic mass is 10.1. The molecule has 1 amide bonds. The molecule has 1 aliphatic rings. The molecule has 1 heterocycles. The largest absolute Gasteiger partial charge is 0.375 e. The highest BCUT2D eigenvalue weighted by atomic mass is 79.9. The van der Waals surface area contributed by atoms with E-state index in [1.165, 1.54) is 0 Å². The minimum Gasteiger partial charge on any atom is -0.375 e. The molecule has 1 saturated heterocycles. The van der Waals surface area contributed by atoms with Gasteiger partial charge in [0.25, 0.3) is 0 Å². The van der Waals surface area contributed by atoms with Gasteiger partial charge in [0.15, 0.2) is 0 Å². The number of rotatable bonds is 4. The zero-order chi connectivity index (χ0) is 13.7. The highest BCUT2D eigenvalue weighted by Crippen LogP contribution is 2.18. The Morgan fingerprint density at radius 1 is 1.60 bits per heavy atom. The molecule has 0 bridgehead atoms. The molecule has 6 heteroatoms. The van der Waals surface area contributed by atoms with Crippen molar-refractivity contribution in [1.82, 2.24) is 10.6 Å². The van der Waals surface area contributed by atoms with Gasteiger partial charge in [-0.3, -0.25) is 4.79 Å². The summed E-state index contributed by atoms with van der Waals surface area (Å²) in [5, 5.41) is 6.22. The topological polar surface area (TPSA) is 50.4 Å². The maximum Gasteiger partial charge on any atom is 0.223 e. The first kappa shape index (κ1) is 17.4. The van der Waals surface area contributed by atoms with Crippen LogP contribution in [0.15, 0.2) is 28.7 Å². The van der Waals surface area contributed by atoms with E-state index in [4.69, 9.17) is 4.74 Å². The van der Waals surface area contributed by atoms with Crippen LogP contribution in [0.1, 0.15) is 24.9 Å². The second kappa shape index (κ2) is 8.62. The van der Waals surface area contributed by atoms with Crippen molar-refractivity contribution in [3.05, 3.63) is 34.3 Å². The summed E-state index contributed by atoms with van der Waals surface area (Å²) in [5.74, 6) is 0.0289. The van der Waals surface area contributed by atoms with Crippen molar-refractivity contribution in [2.45, 2.75) is 25.5 Å². The van der Waals surface area contributed by atoms with Crippen LogP contribution in [-0.4, -0.2) is 31.7 Å². The summed E-state index contributed by atoms with van der Waals surface area (Å²) >= 11 is 3.44. The molecule has 2 N–H and O–H groups in total. The molecule has 1 aromatic carbocycles.